The summed E-state index contributed by atoms with van der Waals surface area (Å²) in [6.07, 6.45) is 15.2. The maximum Gasteiger partial charge on any atom is 0.330 e. The van der Waals surface area contributed by atoms with Crippen LogP contribution < -0.4 is 0 Å². The van der Waals surface area contributed by atoms with E-state index < -0.39 is 24.3 Å². The molecule has 6 heteroatoms. The SMILES string of the molecule is C=C1C[C@H](C)C[C@@H]2CC=C[C@@H](C/C=C\C(=O)O[C@H]([C@@H](O)/C=C/C3CCc4ccccc4C3)C[C@@H]3O[C@H]3[C@@H](O)C1)O2. The zero-order valence-electron chi connectivity index (χ0n) is 23.6. The maximum absolute atomic E-state index is 12.8. The fourth-order valence-corrected chi connectivity index (χ4v) is 6.48. The molecule has 40 heavy (non-hydrogen) atoms. The fourth-order valence-electron chi connectivity index (χ4n) is 6.48. The lowest BCUT2D eigenvalue weighted by atomic mass is 9.83. The summed E-state index contributed by atoms with van der Waals surface area (Å²) in [4.78, 5) is 12.8. The van der Waals surface area contributed by atoms with Crippen LogP contribution in [0, 0.1) is 11.8 Å². The highest BCUT2D eigenvalue weighted by Crippen LogP contribution is 2.35. The summed E-state index contributed by atoms with van der Waals surface area (Å²) in [6, 6.07) is 8.51. The second-order valence-corrected chi connectivity index (χ2v) is 12.2. The van der Waals surface area contributed by atoms with Crippen LogP contribution in [0.3, 0.4) is 0 Å². The van der Waals surface area contributed by atoms with Gasteiger partial charge in [0.1, 0.15) is 18.3 Å². The molecule has 4 aliphatic rings. The van der Waals surface area contributed by atoms with Gasteiger partial charge >= 0.3 is 5.97 Å². The Morgan fingerprint density at radius 2 is 1.88 bits per heavy atom. The van der Waals surface area contributed by atoms with Crippen LogP contribution >= 0.6 is 0 Å². The van der Waals surface area contributed by atoms with Gasteiger partial charge in [-0.15, -0.1) is 0 Å². The molecule has 5 rings (SSSR count). The number of epoxide rings is 1. The van der Waals surface area contributed by atoms with E-state index in [-0.39, 0.29) is 24.4 Å². The van der Waals surface area contributed by atoms with E-state index in [0.29, 0.717) is 31.1 Å². The zero-order valence-corrected chi connectivity index (χ0v) is 23.6. The van der Waals surface area contributed by atoms with E-state index in [1.165, 1.54) is 17.2 Å². The molecule has 0 saturated carbocycles. The van der Waals surface area contributed by atoms with Gasteiger partial charge in [-0.25, -0.2) is 4.79 Å². The molecule has 2 bridgehead atoms. The molecule has 1 aliphatic carbocycles. The number of esters is 1. The van der Waals surface area contributed by atoms with Crippen molar-refractivity contribution in [2.75, 3.05) is 0 Å². The van der Waals surface area contributed by atoms with E-state index in [0.717, 1.165) is 44.1 Å². The summed E-state index contributed by atoms with van der Waals surface area (Å²) >= 11 is 0. The first-order valence-electron chi connectivity index (χ1n) is 15.0. The summed E-state index contributed by atoms with van der Waals surface area (Å²) in [5.41, 5.74) is 3.75. The van der Waals surface area contributed by atoms with Crippen molar-refractivity contribution in [3.8, 4) is 0 Å². The first-order chi connectivity index (χ1) is 19.3. The van der Waals surface area contributed by atoms with Gasteiger partial charge in [0.05, 0.1) is 24.4 Å². The van der Waals surface area contributed by atoms with E-state index in [2.05, 4.69) is 56.0 Å². The number of carbonyl (C=O) groups excluding carboxylic acids is 1. The largest absolute Gasteiger partial charge is 0.456 e. The second kappa shape index (κ2) is 13.4. The lowest BCUT2D eigenvalue weighted by Gasteiger charge is -2.28. The molecular formula is C34H44O6. The summed E-state index contributed by atoms with van der Waals surface area (Å²) < 4.78 is 17.8. The quantitative estimate of drug-likeness (QED) is 0.308. The van der Waals surface area contributed by atoms with E-state index >= 15 is 0 Å². The van der Waals surface area contributed by atoms with Gasteiger partial charge in [0.15, 0.2) is 0 Å². The number of ether oxygens (including phenoxy) is 3. The summed E-state index contributed by atoms with van der Waals surface area (Å²) in [5, 5.41) is 21.9. The summed E-state index contributed by atoms with van der Waals surface area (Å²) in [7, 11) is 0. The molecule has 0 amide bonds. The van der Waals surface area contributed by atoms with Crippen LogP contribution in [0.2, 0.25) is 0 Å². The Morgan fingerprint density at radius 1 is 1.05 bits per heavy atom. The molecular weight excluding hydrogens is 504 g/mol. The first kappa shape index (κ1) is 29.0. The molecule has 0 radical (unpaired) electrons. The number of hydrogen-bond donors (Lipinski definition) is 2. The van der Waals surface area contributed by atoms with E-state index in [9.17, 15) is 15.0 Å². The first-order valence-corrected chi connectivity index (χ1v) is 15.0. The number of allylic oxidation sites excluding steroid dienone is 1. The number of hydrogen-bond acceptors (Lipinski definition) is 6. The van der Waals surface area contributed by atoms with Gasteiger partial charge in [-0.2, -0.15) is 0 Å². The topological polar surface area (TPSA) is 88.5 Å². The molecule has 1 saturated heterocycles. The van der Waals surface area contributed by atoms with Gasteiger partial charge in [-0.1, -0.05) is 73.7 Å². The lowest BCUT2D eigenvalue weighted by molar-refractivity contribution is -0.148. The number of cyclic esters (lactones) is 1. The molecule has 9 atom stereocenters. The normalized spacial score (nSPS) is 37.0. The predicted molar refractivity (Wildman–Crippen MR) is 155 cm³/mol. The zero-order chi connectivity index (χ0) is 28.1. The molecule has 2 N–H and O–H groups in total. The Bertz CT molecular complexity index is 1120. The lowest BCUT2D eigenvalue weighted by Crippen LogP contribution is -2.32. The molecule has 0 aromatic heterocycles. The molecule has 3 heterocycles. The van der Waals surface area contributed by atoms with E-state index in [1.54, 1.807) is 12.2 Å². The number of aryl methyl sites for hydroxylation is 1. The standard InChI is InChI=1S/C34H44O6/c1-22-17-23(2)19-30(36)34-32(40-34)21-31(39-33(37)12-6-10-27-9-5-11-28(18-22)38-27)29(35)16-14-24-13-15-25-7-3-4-8-26(25)20-24/h3-9,12,14,16,22,24,27-32,34-36H,2,10-11,13,15,17-21H2,1H3/b12-6-,16-14+/t22-,24?,27-,28-,29-,30-,31-,32-,34-/m0/s1. The number of fused-ring (bicyclic) bond motifs is 4. The molecule has 1 unspecified atom stereocenters. The van der Waals surface area contributed by atoms with Crippen molar-refractivity contribution in [3.63, 3.8) is 0 Å². The molecule has 1 aromatic rings. The highest BCUT2D eigenvalue weighted by atomic mass is 16.6. The average Bonchev–Trinajstić information content (AvgIpc) is 3.70. The average molecular weight is 549 g/mol. The van der Waals surface area contributed by atoms with E-state index in [4.69, 9.17) is 14.2 Å². The van der Waals surface area contributed by atoms with Crippen LogP contribution in [0.25, 0.3) is 0 Å². The highest BCUT2D eigenvalue weighted by Gasteiger charge is 2.46. The molecule has 216 valence electrons. The molecule has 1 fully saturated rings. The maximum atomic E-state index is 12.8. The van der Waals surface area contributed by atoms with Crippen LogP contribution in [0.15, 0.2) is 72.9 Å². The van der Waals surface area contributed by atoms with Crippen LogP contribution in [-0.2, 0) is 31.8 Å². The van der Waals surface area contributed by atoms with E-state index in [1.807, 2.05) is 0 Å². The summed E-state index contributed by atoms with van der Waals surface area (Å²) in [5.74, 6) is 0.217. The summed E-state index contributed by atoms with van der Waals surface area (Å²) in [6.45, 7) is 6.42. The van der Waals surface area contributed by atoms with Gasteiger partial charge in [0, 0.05) is 12.5 Å². The fraction of sp³-hybridized carbons (Fsp3) is 0.559. The van der Waals surface area contributed by atoms with Crippen molar-refractivity contribution in [1.82, 2.24) is 0 Å². The monoisotopic (exact) mass is 548 g/mol. The van der Waals surface area contributed by atoms with Crippen molar-refractivity contribution in [2.45, 2.75) is 107 Å². The number of benzene rings is 1. The third-order valence-electron chi connectivity index (χ3n) is 8.62. The Hall–Kier alpha value is -2.51. The number of carbonyl (C=O) groups is 1. The Morgan fingerprint density at radius 3 is 2.73 bits per heavy atom. The van der Waals surface area contributed by atoms with Crippen molar-refractivity contribution < 1.29 is 29.2 Å². The third-order valence-corrected chi connectivity index (χ3v) is 8.62. The van der Waals surface area contributed by atoms with Crippen molar-refractivity contribution in [1.29, 1.82) is 0 Å². The number of aliphatic hydroxyl groups is 2. The third kappa shape index (κ3) is 8.03. The number of aliphatic hydroxyl groups excluding tert-OH is 2. The van der Waals surface area contributed by atoms with Gasteiger partial charge in [0.25, 0.3) is 0 Å². The molecule has 3 aliphatic heterocycles. The van der Waals surface area contributed by atoms with Crippen molar-refractivity contribution in [2.24, 2.45) is 11.8 Å². The minimum Gasteiger partial charge on any atom is -0.456 e. The van der Waals surface area contributed by atoms with Gasteiger partial charge in [-0.3, -0.25) is 0 Å². The second-order valence-electron chi connectivity index (χ2n) is 12.2. The van der Waals surface area contributed by atoms with Crippen LogP contribution in [-0.4, -0.2) is 58.9 Å². The smallest absolute Gasteiger partial charge is 0.330 e. The van der Waals surface area contributed by atoms with Crippen LogP contribution in [0.5, 0.6) is 0 Å². The van der Waals surface area contributed by atoms with Crippen molar-refractivity contribution in [3.05, 3.63) is 84.0 Å². The van der Waals surface area contributed by atoms with Gasteiger partial charge in [0.2, 0.25) is 0 Å². The Kier molecular flexibility index (Phi) is 9.74. The molecule has 0 spiro atoms. The minimum absolute atomic E-state index is 0.0792. The molecule has 6 nitrogen and oxygen atoms in total. The van der Waals surface area contributed by atoms with Crippen LogP contribution in [0.1, 0.15) is 63.0 Å². The van der Waals surface area contributed by atoms with Gasteiger partial charge < -0.3 is 24.4 Å². The minimum atomic E-state index is -0.969. The predicted octanol–water partition coefficient (Wildman–Crippen LogP) is 5.18. The Balaban J connectivity index is 1.26. The van der Waals surface area contributed by atoms with Gasteiger partial charge in [-0.05, 0) is 74.3 Å². The van der Waals surface area contributed by atoms with Crippen LogP contribution in [0.4, 0.5) is 0 Å². The molecule has 1 aromatic carbocycles. The number of rotatable bonds is 3. The Labute approximate surface area is 238 Å². The van der Waals surface area contributed by atoms with Crippen molar-refractivity contribution >= 4 is 5.97 Å². The highest BCUT2D eigenvalue weighted by molar-refractivity contribution is 5.82.